The number of hydrogen-bond acceptors (Lipinski definition) is 3. The molecule has 1 aliphatic rings. The van der Waals surface area contributed by atoms with Gasteiger partial charge in [-0.25, -0.2) is 9.59 Å². The monoisotopic (exact) mass is 275 g/mol. The lowest BCUT2D eigenvalue weighted by atomic mass is 10.2. The molecule has 2 amide bonds. The number of aromatic nitrogens is 1. The number of fused-ring (bicyclic) bond motifs is 1. The van der Waals surface area contributed by atoms with Gasteiger partial charge in [0.15, 0.2) is 5.58 Å². The Labute approximate surface area is 115 Å². The highest BCUT2D eigenvalue weighted by molar-refractivity contribution is 5.91. The van der Waals surface area contributed by atoms with E-state index >= 15 is 0 Å². The van der Waals surface area contributed by atoms with Crippen molar-refractivity contribution in [3.63, 3.8) is 0 Å². The highest BCUT2D eigenvalue weighted by atomic mass is 16.4. The summed E-state index contributed by atoms with van der Waals surface area (Å²) < 4.78 is 6.46. The van der Waals surface area contributed by atoms with E-state index in [4.69, 9.17) is 4.42 Å². The van der Waals surface area contributed by atoms with Crippen molar-refractivity contribution in [3.05, 3.63) is 28.7 Å². The molecule has 6 heteroatoms. The number of nitrogens with zero attached hydrogens (tertiary/aromatic N) is 1. The van der Waals surface area contributed by atoms with Crippen molar-refractivity contribution < 1.29 is 9.21 Å². The van der Waals surface area contributed by atoms with Gasteiger partial charge in [-0.2, -0.15) is 0 Å². The lowest BCUT2D eigenvalue weighted by molar-refractivity contribution is 0.248. The zero-order chi connectivity index (χ0) is 14.1. The Morgan fingerprint density at radius 1 is 1.35 bits per heavy atom. The van der Waals surface area contributed by atoms with Gasteiger partial charge in [-0.3, -0.25) is 4.57 Å². The van der Waals surface area contributed by atoms with Gasteiger partial charge in [-0.1, -0.05) is 12.8 Å². The molecule has 0 unspecified atom stereocenters. The first-order chi connectivity index (χ1) is 9.63. The summed E-state index contributed by atoms with van der Waals surface area (Å²) in [4.78, 5) is 23.3. The van der Waals surface area contributed by atoms with Crippen LogP contribution in [0, 0.1) is 0 Å². The molecule has 0 atom stereocenters. The minimum Gasteiger partial charge on any atom is -0.408 e. The Hall–Kier alpha value is -2.24. The Balaban J connectivity index is 1.75. The minimum atomic E-state index is -0.410. The van der Waals surface area contributed by atoms with Gasteiger partial charge in [0.1, 0.15) is 0 Å². The van der Waals surface area contributed by atoms with Crippen LogP contribution in [0.3, 0.4) is 0 Å². The van der Waals surface area contributed by atoms with Gasteiger partial charge in [0, 0.05) is 18.8 Å². The van der Waals surface area contributed by atoms with E-state index in [1.807, 2.05) is 0 Å². The van der Waals surface area contributed by atoms with E-state index in [-0.39, 0.29) is 12.1 Å². The highest BCUT2D eigenvalue weighted by Crippen LogP contribution is 2.19. The van der Waals surface area contributed by atoms with Crippen molar-refractivity contribution in [2.75, 3.05) is 5.32 Å². The predicted octanol–water partition coefficient (Wildman–Crippen LogP) is 2.20. The molecule has 0 aliphatic heterocycles. The maximum atomic E-state index is 11.9. The Bertz CT molecular complexity index is 695. The van der Waals surface area contributed by atoms with Crippen LogP contribution in [0.5, 0.6) is 0 Å². The molecule has 106 valence electrons. The fraction of sp³-hybridized carbons (Fsp3) is 0.429. The number of hydrogen-bond donors (Lipinski definition) is 2. The number of carbonyl (C=O) groups excluding carboxylic acids is 1. The van der Waals surface area contributed by atoms with Crippen molar-refractivity contribution in [3.8, 4) is 0 Å². The van der Waals surface area contributed by atoms with E-state index in [9.17, 15) is 9.59 Å². The maximum Gasteiger partial charge on any atom is 0.419 e. The predicted molar refractivity (Wildman–Crippen MR) is 75.9 cm³/mol. The molecule has 0 saturated heterocycles. The first-order valence-electron chi connectivity index (χ1n) is 6.80. The van der Waals surface area contributed by atoms with Crippen molar-refractivity contribution >= 4 is 22.8 Å². The lowest BCUT2D eigenvalue weighted by Crippen LogP contribution is -2.36. The number of nitrogens with one attached hydrogen (secondary N) is 2. The second kappa shape index (κ2) is 5.03. The summed E-state index contributed by atoms with van der Waals surface area (Å²) in [5.41, 5.74) is 1.82. The van der Waals surface area contributed by atoms with Crippen LogP contribution < -0.4 is 16.4 Å². The molecule has 20 heavy (non-hydrogen) atoms. The molecule has 0 spiro atoms. The molecule has 1 saturated carbocycles. The minimum absolute atomic E-state index is 0.204. The zero-order valence-electron chi connectivity index (χ0n) is 11.3. The van der Waals surface area contributed by atoms with Crippen molar-refractivity contribution in [2.24, 2.45) is 7.05 Å². The number of benzene rings is 1. The number of rotatable bonds is 2. The van der Waals surface area contributed by atoms with Crippen LogP contribution in [0.4, 0.5) is 10.5 Å². The van der Waals surface area contributed by atoms with Crippen molar-refractivity contribution in [1.82, 2.24) is 9.88 Å². The quantitative estimate of drug-likeness (QED) is 0.882. The third kappa shape index (κ3) is 2.41. The summed E-state index contributed by atoms with van der Waals surface area (Å²) in [5.74, 6) is -0.410. The van der Waals surface area contributed by atoms with E-state index in [0.29, 0.717) is 16.8 Å². The third-order valence-electron chi connectivity index (χ3n) is 3.74. The normalized spacial score (nSPS) is 15.7. The third-order valence-corrected chi connectivity index (χ3v) is 3.74. The van der Waals surface area contributed by atoms with Crippen molar-refractivity contribution in [2.45, 2.75) is 31.7 Å². The van der Waals surface area contributed by atoms with Crippen LogP contribution in [0.15, 0.2) is 27.4 Å². The summed E-state index contributed by atoms with van der Waals surface area (Å²) in [5, 5.41) is 5.74. The summed E-state index contributed by atoms with van der Waals surface area (Å²) in [6.45, 7) is 0. The maximum absolute atomic E-state index is 11.9. The topological polar surface area (TPSA) is 76.3 Å². The molecule has 6 nitrogen and oxygen atoms in total. The van der Waals surface area contributed by atoms with Gasteiger partial charge in [0.05, 0.1) is 5.52 Å². The molecule has 0 bridgehead atoms. The first-order valence-corrected chi connectivity index (χ1v) is 6.80. The lowest BCUT2D eigenvalue weighted by Gasteiger charge is -2.12. The molecule has 3 rings (SSSR count). The largest absolute Gasteiger partial charge is 0.419 e. The van der Waals surface area contributed by atoms with E-state index in [0.717, 1.165) is 12.8 Å². The molecule has 1 fully saturated rings. The van der Waals surface area contributed by atoms with Crippen LogP contribution in [-0.4, -0.2) is 16.6 Å². The molecular formula is C14H17N3O3. The van der Waals surface area contributed by atoms with Crippen LogP contribution in [0.2, 0.25) is 0 Å². The highest BCUT2D eigenvalue weighted by Gasteiger charge is 2.17. The smallest absolute Gasteiger partial charge is 0.408 e. The zero-order valence-corrected chi connectivity index (χ0v) is 11.3. The number of anilines is 1. The molecular weight excluding hydrogens is 258 g/mol. The van der Waals surface area contributed by atoms with Gasteiger partial charge in [0.2, 0.25) is 0 Å². The first kappa shape index (κ1) is 12.8. The van der Waals surface area contributed by atoms with Crippen LogP contribution in [0.25, 0.3) is 11.1 Å². The number of carbonyl (C=O) groups is 1. The second-order valence-electron chi connectivity index (χ2n) is 5.19. The van der Waals surface area contributed by atoms with Gasteiger partial charge in [-0.05, 0) is 31.0 Å². The fourth-order valence-corrected chi connectivity index (χ4v) is 2.63. The van der Waals surface area contributed by atoms with E-state index < -0.39 is 5.76 Å². The van der Waals surface area contributed by atoms with Gasteiger partial charge in [0.25, 0.3) is 0 Å². The number of amides is 2. The fourth-order valence-electron chi connectivity index (χ4n) is 2.63. The van der Waals surface area contributed by atoms with Crippen LogP contribution in [-0.2, 0) is 7.05 Å². The molecule has 1 aromatic carbocycles. The number of urea groups is 1. The SMILES string of the molecule is Cn1c(=O)oc2ccc(NC(=O)NC3CCCC3)cc21. The molecule has 0 radical (unpaired) electrons. The van der Waals surface area contributed by atoms with Crippen molar-refractivity contribution in [1.29, 1.82) is 0 Å². The van der Waals surface area contributed by atoms with Gasteiger partial charge >= 0.3 is 11.8 Å². The van der Waals surface area contributed by atoms with Gasteiger partial charge < -0.3 is 15.1 Å². The Kier molecular flexibility index (Phi) is 3.22. The summed E-state index contributed by atoms with van der Waals surface area (Å²) in [6, 6.07) is 5.21. The standard InChI is InChI=1S/C14H17N3O3/c1-17-11-8-10(6-7-12(11)20-14(17)19)16-13(18)15-9-4-2-3-5-9/h6-9H,2-5H2,1H3,(H2,15,16,18). The summed E-state index contributed by atoms with van der Waals surface area (Å²) in [7, 11) is 1.64. The average Bonchev–Trinajstić information content (AvgIpc) is 3.00. The second-order valence-corrected chi connectivity index (χ2v) is 5.19. The molecule has 1 aromatic heterocycles. The van der Waals surface area contributed by atoms with Gasteiger partial charge in [-0.15, -0.1) is 0 Å². The molecule has 2 aromatic rings. The average molecular weight is 275 g/mol. The Morgan fingerprint density at radius 2 is 2.10 bits per heavy atom. The summed E-state index contributed by atoms with van der Waals surface area (Å²) >= 11 is 0. The molecule has 2 N–H and O–H groups in total. The Morgan fingerprint density at radius 3 is 2.85 bits per heavy atom. The van der Waals surface area contributed by atoms with Crippen LogP contribution in [0.1, 0.15) is 25.7 Å². The molecule has 1 aliphatic carbocycles. The van der Waals surface area contributed by atoms with E-state index in [1.54, 1.807) is 25.2 Å². The summed E-state index contributed by atoms with van der Waals surface area (Å²) in [6.07, 6.45) is 4.44. The van der Waals surface area contributed by atoms with Crippen LogP contribution >= 0.6 is 0 Å². The molecule has 1 heterocycles. The van der Waals surface area contributed by atoms with E-state index in [1.165, 1.54) is 17.4 Å². The van der Waals surface area contributed by atoms with E-state index in [2.05, 4.69) is 10.6 Å². The number of aryl methyl sites for hydroxylation is 1. The number of oxazole rings is 1.